The summed E-state index contributed by atoms with van der Waals surface area (Å²) in [6.07, 6.45) is 16.0. The van der Waals surface area contributed by atoms with Crippen LogP contribution in [0.25, 0.3) is 11.6 Å². The van der Waals surface area contributed by atoms with Crippen LogP contribution in [-0.2, 0) is 6.42 Å². The lowest BCUT2D eigenvalue weighted by molar-refractivity contribution is 0.724. The molecule has 0 radical (unpaired) electrons. The first-order valence-corrected chi connectivity index (χ1v) is 9.32. The molecule has 25 heavy (non-hydrogen) atoms. The lowest BCUT2D eigenvalue weighted by Gasteiger charge is -2.35. The zero-order chi connectivity index (χ0) is 16.8. The highest BCUT2D eigenvalue weighted by molar-refractivity contribution is 6.14. The number of hydrogen-bond acceptors (Lipinski definition) is 0. The van der Waals surface area contributed by atoms with E-state index in [0.717, 1.165) is 12.8 Å². The Morgan fingerprint density at radius 2 is 1.76 bits per heavy atom. The van der Waals surface area contributed by atoms with Crippen LogP contribution in [-0.4, -0.2) is 7.85 Å². The molecule has 0 amide bonds. The highest BCUT2D eigenvalue weighted by Crippen LogP contribution is 2.47. The molecule has 0 spiro atoms. The van der Waals surface area contributed by atoms with Crippen LogP contribution in [0, 0.1) is 5.92 Å². The third-order valence-corrected chi connectivity index (χ3v) is 5.95. The van der Waals surface area contributed by atoms with Crippen LogP contribution in [0.3, 0.4) is 0 Å². The largest absolute Gasteiger partial charge is 0.112 e. The molecule has 0 fully saturated rings. The first-order chi connectivity index (χ1) is 12.3. The van der Waals surface area contributed by atoms with Gasteiger partial charge in [-0.05, 0) is 57.6 Å². The second-order valence-electron chi connectivity index (χ2n) is 7.29. The van der Waals surface area contributed by atoms with Gasteiger partial charge in [0.1, 0.15) is 7.85 Å². The smallest absolute Gasteiger partial charge is 0.0836 e. The highest BCUT2D eigenvalue weighted by Gasteiger charge is 2.32. The summed E-state index contributed by atoms with van der Waals surface area (Å²) in [5.41, 5.74) is 10.2. The van der Waals surface area contributed by atoms with E-state index in [1.54, 1.807) is 0 Å². The summed E-state index contributed by atoms with van der Waals surface area (Å²) in [4.78, 5) is 0. The van der Waals surface area contributed by atoms with Crippen molar-refractivity contribution in [2.45, 2.75) is 18.7 Å². The topological polar surface area (TPSA) is 0 Å². The average Bonchev–Trinajstić information content (AvgIpc) is 2.68. The average molecular weight is 320 g/mol. The molecule has 0 N–H and O–H groups in total. The van der Waals surface area contributed by atoms with Gasteiger partial charge in [-0.1, -0.05) is 78.9 Å². The van der Waals surface area contributed by atoms with Crippen molar-refractivity contribution < 1.29 is 0 Å². The summed E-state index contributed by atoms with van der Waals surface area (Å²) < 4.78 is 0. The van der Waals surface area contributed by atoms with Crippen molar-refractivity contribution in [3.63, 3.8) is 0 Å². The first kappa shape index (κ1) is 14.8. The van der Waals surface area contributed by atoms with E-state index < -0.39 is 0 Å². The van der Waals surface area contributed by atoms with Gasteiger partial charge >= 0.3 is 0 Å². The van der Waals surface area contributed by atoms with Crippen molar-refractivity contribution >= 4 is 19.5 Å². The van der Waals surface area contributed by atoms with Crippen LogP contribution >= 0.6 is 0 Å². The molecule has 0 aliphatic heterocycles. The minimum absolute atomic E-state index is 0.477. The van der Waals surface area contributed by atoms with Gasteiger partial charge in [-0.25, -0.2) is 0 Å². The number of fused-ring (bicyclic) bond motifs is 3. The van der Waals surface area contributed by atoms with Crippen LogP contribution in [0.2, 0.25) is 0 Å². The van der Waals surface area contributed by atoms with Crippen LogP contribution in [0.5, 0.6) is 0 Å². The molecule has 0 heterocycles. The lowest BCUT2D eigenvalue weighted by atomic mass is 9.61. The fourth-order valence-corrected chi connectivity index (χ4v) is 4.73. The molecule has 0 saturated heterocycles. The summed E-state index contributed by atoms with van der Waals surface area (Å²) >= 11 is 0. The van der Waals surface area contributed by atoms with Crippen molar-refractivity contribution in [1.29, 1.82) is 0 Å². The van der Waals surface area contributed by atoms with Crippen molar-refractivity contribution in [2.75, 3.05) is 0 Å². The molecule has 2 atom stereocenters. The van der Waals surface area contributed by atoms with E-state index in [4.69, 9.17) is 0 Å². The summed E-state index contributed by atoms with van der Waals surface area (Å²) in [6, 6.07) is 15.8. The maximum Gasteiger partial charge on any atom is 0.112 e. The SMILES string of the molecule is BC1c2ccccc2C(c2cccc3c2CCC=C3)=C2C=CC=CC21. The minimum atomic E-state index is 0.477. The van der Waals surface area contributed by atoms with E-state index in [-0.39, 0.29) is 0 Å². The standard InChI is InChI=1S/C24H21B/c25-24-21-13-5-3-11-19(21)23(20-12-4-6-14-22(20)24)18-15-7-9-16-8-1-2-10-17(16)18/h1,3-9,11-15,21,24H,2,10,25H2. The Hall–Kier alpha value is -2.54. The van der Waals surface area contributed by atoms with Crippen molar-refractivity contribution in [1.82, 2.24) is 0 Å². The molecule has 0 aromatic heterocycles. The van der Waals surface area contributed by atoms with Gasteiger partial charge in [0.25, 0.3) is 0 Å². The van der Waals surface area contributed by atoms with Gasteiger partial charge < -0.3 is 0 Å². The van der Waals surface area contributed by atoms with E-state index >= 15 is 0 Å². The predicted octanol–water partition coefficient (Wildman–Crippen LogP) is 4.88. The summed E-state index contributed by atoms with van der Waals surface area (Å²) in [5.74, 6) is 1.00. The number of benzene rings is 2. The lowest BCUT2D eigenvalue weighted by Crippen LogP contribution is -2.22. The number of allylic oxidation sites excluding steroid dienone is 6. The van der Waals surface area contributed by atoms with E-state index in [1.165, 1.54) is 39.0 Å². The van der Waals surface area contributed by atoms with Crippen LogP contribution in [0.15, 0.2) is 78.4 Å². The monoisotopic (exact) mass is 320 g/mol. The molecule has 1 heteroatoms. The zero-order valence-corrected chi connectivity index (χ0v) is 14.6. The first-order valence-electron chi connectivity index (χ1n) is 9.32. The molecule has 2 aromatic rings. The molecular formula is C24H21B. The Balaban J connectivity index is 1.84. The summed E-state index contributed by atoms with van der Waals surface area (Å²) in [7, 11) is 2.37. The quantitative estimate of drug-likeness (QED) is 0.657. The van der Waals surface area contributed by atoms with Gasteiger partial charge in [-0.2, -0.15) is 0 Å². The van der Waals surface area contributed by atoms with Gasteiger partial charge in [-0.3, -0.25) is 0 Å². The molecule has 5 rings (SSSR count). The van der Waals surface area contributed by atoms with Crippen molar-refractivity contribution in [3.8, 4) is 0 Å². The van der Waals surface area contributed by atoms with Gasteiger partial charge in [0.15, 0.2) is 0 Å². The van der Waals surface area contributed by atoms with Crippen LogP contribution in [0.4, 0.5) is 0 Å². The van der Waals surface area contributed by atoms with Crippen molar-refractivity contribution in [2.24, 2.45) is 5.92 Å². The molecule has 3 aliphatic carbocycles. The Kier molecular flexibility index (Phi) is 3.41. The third kappa shape index (κ3) is 2.22. The van der Waals surface area contributed by atoms with Crippen LogP contribution < -0.4 is 0 Å². The molecule has 2 aromatic carbocycles. The van der Waals surface area contributed by atoms with E-state index in [9.17, 15) is 0 Å². The molecule has 2 unspecified atom stereocenters. The van der Waals surface area contributed by atoms with E-state index in [0.29, 0.717) is 11.7 Å². The third-order valence-electron chi connectivity index (χ3n) is 5.95. The minimum Gasteiger partial charge on any atom is -0.0836 e. The maximum absolute atomic E-state index is 2.38. The maximum atomic E-state index is 2.38. The van der Waals surface area contributed by atoms with Crippen molar-refractivity contribution in [3.05, 3.63) is 106 Å². The highest BCUT2D eigenvalue weighted by atomic mass is 14.3. The van der Waals surface area contributed by atoms with Gasteiger partial charge in [0.2, 0.25) is 0 Å². The Bertz CT molecular complexity index is 971. The number of rotatable bonds is 1. The summed E-state index contributed by atoms with van der Waals surface area (Å²) in [6.45, 7) is 0. The molecule has 0 bridgehead atoms. The summed E-state index contributed by atoms with van der Waals surface area (Å²) in [5, 5.41) is 0. The normalized spacial score (nSPS) is 23.2. The molecular weight excluding hydrogens is 299 g/mol. The molecule has 0 nitrogen and oxygen atoms in total. The molecule has 3 aliphatic rings. The van der Waals surface area contributed by atoms with Gasteiger partial charge in [0, 0.05) is 5.92 Å². The zero-order valence-electron chi connectivity index (χ0n) is 14.6. The van der Waals surface area contributed by atoms with E-state index in [1.807, 2.05) is 0 Å². The molecule has 120 valence electrons. The molecule has 0 saturated carbocycles. The second-order valence-corrected chi connectivity index (χ2v) is 7.29. The fraction of sp³-hybridized carbons (Fsp3) is 0.167. The number of hydrogen-bond donors (Lipinski definition) is 0. The van der Waals surface area contributed by atoms with Gasteiger partial charge in [0.05, 0.1) is 0 Å². The van der Waals surface area contributed by atoms with Crippen LogP contribution in [0.1, 0.15) is 40.1 Å². The second kappa shape index (κ2) is 5.77. The van der Waals surface area contributed by atoms with E-state index in [2.05, 4.69) is 86.8 Å². The Labute approximate surface area is 150 Å². The fourth-order valence-electron chi connectivity index (χ4n) is 4.73. The Morgan fingerprint density at radius 1 is 0.880 bits per heavy atom. The Morgan fingerprint density at radius 3 is 2.72 bits per heavy atom. The predicted molar refractivity (Wildman–Crippen MR) is 109 cm³/mol. The van der Waals surface area contributed by atoms with Gasteiger partial charge in [-0.15, -0.1) is 0 Å².